The maximum absolute atomic E-state index is 12.7. The normalized spacial score (nSPS) is 14.5. The van der Waals surface area contributed by atoms with Gasteiger partial charge in [-0.2, -0.15) is 0 Å². The van der Waals surface area contributed by atoms with Crippen molar-refractivity contribution in [1.82, 2.24) is 19.8 Å². The highest BCUT2D eigenvalue weighted by Gasteiger charge is 2.28. The number of esters is 1. The number of carbonyl (C=O) groups excluding carboxylic acids is 3. The van der Waals surface area contributed by atoms with E-state index in [9.17, 15) is 14.4 Å². The van der Waals surface area contributed by atoms with E-state index in [1.165, 1.54) is 18.6 Å². The first-order valence-electron chi connectivity index (χ1n) is 10.1. The minimum Gasteiger partial charge on any atom is -0.466 e. The lowest BCUT2D eigenvalue weighted by Gasteiger charge is -2.31. The molecular weight excluding hydrogens is 376 g/mol. The van der Waals surface area contributed by atoms with E-state index in [-0.39, 0.29) is 35.8 Å². The number of hydrogen-bond donors (Lipinski definition) is 0. The van der Waals surface area contributed by atoms with Crippen LogP contribution in [0.1, 0.15) is 43.1 Å². The molecule has 0 radical (unpaired) electrons. The summed E-state index contributed by atoms with van der Waals surface area (Å²) in [5.74, 6) is -0.583. The third kappa shape index (κ3) is 7.08. The molecule has 0 unspecified atom stereocenters. The number of amides is 2. The molecule has 0 spiro atoms. The molecule has 1 saturated heterocycles. The standard InChI is InChI=1S/C20H30N4O5/c1-3-29-20(27)16-5-11-23(12-6-16)18(25)7-13-24(10-4-14-28-2)19(26)17-15-21-8-9-22-17/h8-9,15-16H,3-7,10-14H2,1-2H3. The molecule has 1 aromatic heterocycles. The number of aromatic nitrogens is 2. The molecule has 29 heavy (non-hydrogen) atoms. The van der Waals surface area contributed by atoms with Gasteiger partial charge in [0.2, 0.25) is 5.91 Å². The molecule has 0 aliphatic carbocycles. The zero-order valence-corrected chi connectivity index (χ0v) is 17.2. The summed E-state index contributed by atoms with van der Waals surface area (Å²) >= 11 is 0. The average molecular weight is 406 g/mol. The third-order valence-electron chi connectivity index (χ3n) is 4.91. The molecule has 2 heterocycles. The van der Waals surface area contributed by atoms with Gasteiger partial charge in [0.05, 0.1) is 18.7 Å². The van der Waals surface area contributed by atoms with Gasteiger partial charge in [-0.3, -0.25) is 19.4 Å². The fraction of sp³-hybridized carbons (Fsp3) is 0.650. The highest BCUT2D eigenvalue weighted by molar-refractivity contribution is 5.92. The Balaban J connectivity index is 1.87. The molecule has 0 atom stereocenters. The molecule has 9 nitrogen and oxygen atoms in total. The smallest absolute Gasteiger partial charge is 0.309 e. The Morgan fingerprint density at radius 1 is 1.21 bits per heavy atom. The number of nitrogens with zero attached hydrogens (tertiary/aromatic N) is 4. The molecule has 2 rings (SSSR count). The van der Waals surface area contributed by atoms with Gasteiger partial charge in [-0.1, -0.05) is 0 Å². The van der Waals surface area contributed by atoms with Crippen molar-refractivity contribution in [2.75, 3.05) is 46.5 Å². The van der Waals surface area contributed by atoms with Gasteiger partial charge in [-0.25, -0.2) is 4.98 Å². The Labute approximate surface area is 171 Å². The van der Waals surface area contributed by atoms with E-state index >= 15 is 0 Å². The minimum atomic E-state index is -0.247. The monoisotopic (exact) mass is 406 g/mol. The molecule has 0 bridgehead atoms. The van der Waals surface area contributed by atoms with Crippen molar-refractivity contribution >= 4 is 17.8 Å². The van der Waals surface area contributed by atoms with Crippen LogP contribution < -0.4 is 0 Å². The molecular formula is C20H30N4O5. The van der Waals surface area contributed by atoms with Crippen LogP contribution in [0.3, 0.4) is 0 Å². The van der Waals surface area contributed by atoms with Crippen molar-refractivity contribution in [2.24, 2.45) is 5.92 Å². The number of likely N-dealkylation sites (tertiary alicyclic amines) is 1. The van der Waals surface area contributed by atoms with Gasteiger partial charge in [0.25, 0.3) is 5.91 Å². The molecule has 1 aliphatic rings. The second-order valence-corrected chi connectivity index (χ2v) is 6.89. The number of hydrogen-bond acceptors (Lipinski definition) is 7. The van der Waals surface area contributed by atoms with Gasteiger partial charge in [-0.05, 0) is 26.2 Å². The summed E-state index contributed by atoms with van der Waals surface area (Å²) in [6, 6.07) is 0. The molecule has 0 N–H and O–H groups in total. The van der Waals surface area contributed by atoms with Gasteiger partial charge >= 0.3 is 5.97 Å². The predicted octanol–water partition coefficient (Wildman–Crippen LogP) is 1.15. The lowest BCUT2D eigenvalue weighted by atomic mass is 9.97. The Kier molecular flexibility index (Phi) is 9.49. The van der Waals surface area contributed by atoms with Crippen LogP contribution >= 0.6 is 0 Å². The second kappa shape index (κ2) is 12.1. The van der Waals surface area contributed by atoms with E-state index in [1.807, 2.05) is 0 Å². The predicted molar refractivity (Wildman–Crippen MR) is 105 cm³/mol. The average Bonchev–Trinajstić information content (AvgIpc) is 2.76. The Morgan fingerprint density at radius 3 is 2.59 bits per heavy atom. The molecule has 0 aromatic carbocycles. The van der Waals surface area contributed by atoms with Crippen LogP contribution in [-0.4, -0.2) is 84.1 Å². The van der Waals surface area contributed by atoms with Crippen LogP contribution in [0.25, 0.3) is 0 Å². The van der Waals surface area contributed by atoms with Crippen LogP contribution in [0, 0.1) is 5.92 Å². The Morgan fingerprint density at radius 2 is 1.97 bits per heavy atom. The fourth-order valence-corrected chi connectivity index (χ4v) is 3.30. The van der Waals surface area contributed by atoms with E-state index in [1.54, 1.807) is 23.8 Å². The van der Waals surface area contributed by atoms with Crippen molar-refractivity contribution in [3.05, 3.63) is 24.3 Å². The van der Waals surface area contributed by atoms with Crippen molar-refractivity contribution in [1.29, 1.82) is 0 Å². The summed E-state index contributed by atoms with van der Waals surface area (Å²) in [5.41, 5.74) is 0.257. The summed E-state index contributed by atoms with van der Waals surface area (Å²) in [6.07, 6.45) is 6.52. The van der Waals surface area contributed by atoms with Crippen molar-refractivity contribution in [3.8, 4) is 0 Å². The SMILES string of the molecule is CCOC(=O)C1CCN(C(=O)CCN(CCCOC)C(=O)c2cnccn2)CC1. The molecule has 2 amide bonds. The van der Waals surface area contributed by atoms with Crippen LogP contribution in [-0.2, 0) is 19.1 Å². The summed E-state index contributed by atoms with van der Waals surface area (Å²) in [6.45, 7) is 4.53. The topological polar surface area (TPSA) is 102 Å². The van der Waals surface area contributed by atoms with Gasteiger partial charge in [0, 0.05) is 58.7 Å². The Bertz CT molecular complexity index is 662. The maximum atomic E-state index is 12.7. The summed E-state index contributed by atoms with van der Waals surface area (Å²) in [7, 11) is 1.61. The van der Waals surface area contributed by atoms with E-state index in [4.69, 9.17) is 9.47 Å². The minimum absolute atomic E-state index is 0.0176. The summed E-state index contributed by atoms with van der Waals surface area (Å²) in [5, 5.41) is 0. The van der Waals surface area contributed by atoms with Crippen molar-refractivity contribution in [2.45, 2.75) is 32.6 Å². The number of ether oxygens (including phenoxy) is 2. The maximum Gasteiger partial charge on any atom is 0.309 e. The van der Waals surface area contributed by atoms with Crippen LogP contribution in [0.4, 0.5) is 0 Å². The third-order valence-corrected chi connectivity index (χ3v) is 4.91. The van der Waals surface area contributed by atoms with Gasteiger partial charge < -0.3 is 19.3 Å². The highest BCUT2D eigenvalue weighted by atomic mass is 16.5. The number of carbonyl (C=O) groups is 3. The van der Waals surface area contributed by atoms with Crippen molar-refractivity contribution in [3.63, 3.8) is 0 Å². The fourth-order valence-electron chi connectivity index (χ4n) is 3.30. The Hall–Kier alpha value is -2.55. The molecule has 1 aliphatic heterocycles. The lowest BCUT2D eigenvalue weighted by molar-refractivity contribution is -0.151. The first kappa shape index (κ1) is 22.7. The molecule has 160 valence electrons. The van der Waals surface area contributed by atoms with E-state index in [0.29, 0.717) is 58.7 Å². The quantitative estimate of drug-likeness (QED) is 0.424. The highest BCUT2D eigenvalue weighted by Crippen LogP contribution is 2.19. The molecule has 1 fully saturated rings. The zero-order valence-electron chi connectivity index (χ0n) is 17.2. The van der Waals surface area contributed by atoms with Gasteiger partial charge in [-0.15, -0.1) is 0 Å². The van der Waals surface area contributed by atoms with Crippen LogP contribution in [0.15, 0.2) is 18.6 Å². The largest absolute Gasteiger partial charge is 0.466 e. The van der Waals surface area contributed by atoms with E-state index in [0.717, 1.165) is 0 Å². The second-order valence-electron chi connectivity index (χ2n) is 6.89. The van der Waals surface area contributed by atoms with Crippen molar-refractivity contribution < 1.29 is 23.9 Å². The summed E-state index contributed by atoms with van der Waals surface area (Å²) in [4.78, 5) is 48.5. The zero-order chi connectivity index (χ0) is 21.1. The molecule has 9 heteroatoms. The van der Waals surface area contributed by atoms with Gasteiger partial charge in [0.15, 0.2) is 0 Å². The first-order valence-corrected chi connectivity index (χ1v) is 10.1. The van der Waals surface area contributed by atoms with E-state index < -0.39 is 0 Å². The number of piperidine rings is 1. The number of rotatable bonds is 10. The van der Waals surface area contributed by atoms with Crippen LogP contribution in [0.2, 0.25) is 0 Å². The van der Waals surface area contributed by atoms with Gasteiger partial charge in [0.1, 0.15) is 5.69 Å². The summed E-state index contributed by atoms with van der Waals surface area (Å²) < 4.78 is 10.1. The van der Waals surface area contributed by atoms with E-state index in [2.05, 4.69) is 9.97 Å². The molecule has 1 aromatic rings. The molecule has 0 saturated carbocycles. The van der Waals surface area contributed by atoms with Crippen LogP contribution in [0.5, 0.6) is 0 Å². The first-order chi connectivity index (χ1) is 14.1. The lowest BCUT2D eigenvalue weighted by Crippen LogP contribution is -2.42. The number of methoxy groups -OCH3 is 1.